The van der Waals surface area contributed by atoms with Crippen LogP contribution < -0.4 is 5.32 Å². The summed E-state index contributed by atoms with van der Waals surface area (Å²) in [6, 6.07) is 0. The number of piperidine rings is 1. The summed E-state index contributed by atoms with van der Waals surface area (Å²) in [5.41, 5.74) is 0. The van der Waals surface area contributed by atoms with Gasteiger partial charge in [0, 0.05) is 20.1 Å². The Labute approximate surface area is 156 Å². The standard InChI is InChI=1S/C19H34N4O3/c1-13(2)12-25-15(4)19-21-17(26-22-19)11-23(5)18(24)10-14(3)16-6-8-20-9-7-16/h13-16,20H,6-12H2,1-5H3. The highest BCUT2D eigenvalue weighted by Crippen LogP contribution is 2.25. The van der Waals surface area contributed by atoms with Crippen LogP contribution in [0.4, 0.5) is 0 Å². The smallest absolute Gasteiger partial charge is 0.246 e. The lowest BCUT2D eigenvalue weighted by Gasteiger charge is -2.28. The van der Waals surface area contributed by atoms with Crippen LogP contribution in [0.3, 0.4) is 0 Å². The van der Waals surface area contributed by atoms with Gasteiger partial charge in [-0.25, -0.2) is 0 Å². The Kier molecular flexibility index (Phi) is 8.03. The molecule has 0 radical (unpaired) electrons. The summed E-state index contributed by atoms with van der Waals surface area (Å²) >= 11 is 0. The molecular formula is C19H34N4O3. The average molecular weight is 367 g/mol. The summed E-state index contributed by atoms with van der Waals surface area (Å²) in [6.45, 7) is 11.4. The van der Waals surface area contributed by atoms with Gasteiger partial charge in [0.1, 0.15) is 6.10 Å². The van der Waals surface area contributed by atoms with E-state index < -0.39 is 0 Å². The number of carbonyl (C=O) groups is 1. The molecule has 1 aromatic heterocycles. The molecule has 1 aliphatic heterocycles. The quantitative estimate of drug-likeness (QED) is 0.724. The average Bonchev–Trinajstić information content (AvgIpc) is 3.08. The highest BCUT2D eigenvalue weighted by atomic mass is 16.5. The van der Waals surface area contributed by atoms with Crippen LogP contribution in [0.5, 0.6) is 0 Å². The fourth-order valence-corrected chi connectivity index (χ4v) is 3.21. The lowest BCUT2D eigenvalue weighted by molar-refractivity contribution is -0.132. The number of ether oxygens (including phenoxy) is 1. The van der Waals surface area contributed by atoms with Gasteiger partial charge in [0.05, 0.1) is 6.54 Å². The third kappa shape index (κ3) is 6.36. The van der Waals surface area contributed by atoms with Crippen LogP contribution in [-0.2, 0) is 16.1 Å². The summed E-state index contributed by atoms with van der Waals surface area (Å²) in [4.78, 5) is 18.6. The zero-order valence-electron chi connectivity index (χ0n) is 16.8. The summed E-state index contributed by atoms with van der Waals surface area (Å²) < 4.78 is 11.0. The van der Waals surface area contributed by atoms with Crippen molar-refractivity contribution in [2.75, 3.05) is 26.7 Å². The van der Waals surface area contributed by atoms with Gasteiger partial charge in [0.15, 0.2) is 5.82 Å². The van der Waals surface area contributed by atoms with E-state index in [1.807, 2.05) is 6.92 Å². The first kappa shape index (κ1) is 20.8. The third-order valence-electron chi connectivity index (χ3n) is 5.01. The van der Waals surface area contributed by atoms with Gasteiger partial charge < -0.3 is 19.5 Å². The number of carbonyl (C=O) groups excluding carboxylic acids is 1. The van der Waals surface area contributed by atoms with E-state index in [0.717, 1.165) is 25.9 Å². The third-order valence-corrected chi connectivity index (χ3v) is 5.01. The number of nitrogens with one attached hydrogen (secondary N) is 1. The second-order valence-electron chi connectivity index (χ2n) is 7.93. The van der Waals surface area contributed by atoms with Crippen molar-refractivity contribution >= 4 is 5.91 Å². The van der Waals surface area contributed by atoms with Crippen LogP contribution in [0.1, 0.15) is 64.8 Å². The zero-order chi connectivity index (χ0) is 19.1. The van der Waals surface area contributed by atoms with Gasteiger partial charge in [-0.15, -0.1) is 0 Å². The Balaban J connectivity index is 1.81. The van der Waals surface area contributed by atoms with Gasteiger partial charge in [-0.3, -0.25) is 4.79 Å². The van der Waals surface area contributed by atoms with Gasteiger partial charge in [-0.2, -0.15) is 4.98 Å². The zero-order valence-corrected chi connectivity index (χ0v) is 16.8. The van der Waals surface area contributed by atoms with Crippen LogP contribution in [0.15, 0.2) is 4.52 Å². The summed E-state index contributed by atoms with van der Waals surface area (Å²) in [7, 11) is 1.79. The Hall–Kier alpha value is -1.47. The molecule has 1 N–H and O–H groups in total. The molecule has 7 nitrogen and oxygen atoms in total. The van der Waals surface area contributed by atoms with E-state index in [2.05, 4.69) is 36.2 Å². The molecule has 26 heavy (non-hydrogen) atoms. The molecule has 1 aromatic rings. The number of amides is 1. The van der Waals surface area contributed by atoms with Gasteiger partial charge in [0.2, 0.25) is 11.8 Å². The van der Waals surface area contributed by atoms with E-state index >= 15 is 0 Å². The number of hydrogen-bond acceptors (Lipinski definition) is 6. The topological polar surface area (TPSA) is 80.5 Å². The van der Waals surface area contributed by atoms with Crippen LogP contribution in [0.25, 0.3) is 0 Å². The normalized spacial score (nSPS) is 18.1. The molecule has 1 aliphatic rings. The van der Waals surface area contributed by atoms with E-state index in [1.54, 1.807) is 11.9 Å². The first-order valence-corrected chi connectivity index (χ1v) is 9.75. The SMILES string of the molecule is CC(C)COC(C)c1noc(CN(C)C(=O)CC(C)C2CCNCC2)n1. The second-order valence-corrected chi connectivity index (χ2v) is 7.93. The van der Waals surface area contributed by atoms with Crippen molar-refractivity contribution in [2.45, 2.75) is 59.6 Å². The van der Waals surface area contributed by atoms with Crippen molar-refractivity contribution in [1.82, 2.24) is 20.4 Å². The van der Waals surface area contributed by atoms with E-state index in [-0.39, 0.29) is 12.0 Å². The molecule has 1 amide bonds. The molecule has 0 saturated carbocycles. The first-order chi connectivity index (χ1) is 12.4. The maximum Gasteiger partial charge on any atom is 0.246 e. The number of hydrogen-bond donors (Lipinski definition) is 1. The Morgan fingerprint density at radius 1 is 1.31 bits per heavy atom. The molecule has 0 aliphatic carbocycles. The lowest BCUT2D eigenvalue weighted by Crippen LogP contribution is -2.34. The molecule has 2 unspecified atom stereocenters. The second kappa shape index (κ2) is 10.0. The van der Waals surface area contributed by atoms with Gasteiger partial charge in [-0.05, 0) is 50.6 Å². The molecule has 2 atom stereocenters. The van der Waals surface area contributed by atoms with E-state index in [1.165, 1.54) is 0 Å². The van der Waals surface area contributed by atoms with Crippen LogP contribution >= 0.6 is 0 Å². The molecule has 0 aromatic carbocycles. The van der Waals surface area contributed by atoms with E-state index in [9.17, 15) is 4.79 Å². The molecule has 0 bridgehead atoms. The van der Waals surface area contributed by atoms with Gasteiger partial charge >= 0.3 is 0 Å². The molecule has 148 valence electrons. The molecule has 1 saturated heterocycles. The van der Waals surface area contributed by atoms with Crippen LogP contribution in [0, 0.1) is 17.8 Å². The number of nitrogens with zero attached hydrogens (tertiary/aromatic N) is 3. The predicted molar refractivity (Wildman–Crippen MR) is 99.4 cm³/mol. The van der Waals surface area contributed by atoms with Gasteiger partial charge in [0.25, 0.3) is 0 Å². The minimum Gasteiger partial charge on any atom is -0.370 e. The molecular weight excluding hydrogens is 332 g/mol. The summed E-state index contributed by atoms with van der Waals surface area (Å²) in [5.74, 6) is 2.58. The molecule has 0 spiro atoms. The Morgan fingerprint density at radius 3 is 2.65 bits per heavy atom. The lowest BCUT2D eigenvalue weighted by atomic mass is 9.84. The Morgan fingerprint density at radius 2 is 2.00 bits per heavy atom. The highest BCUT2D eigenvalue weighted by molar-refractivity contribution is 5.76. The molecule has 2 rings (SSSR count). The number of rotatable bonds is 9. The number of aromatic nitrogens is 2. The minimum atomic E-state index is -0.212. The summed E-state index contributed by atoms with van der Waals surface area (Å²) in [6.07, 6.45) is 2.66. The largest absolute Gasteiger partial charge is 0.370 e. The Bertz CT molecular complexity index is 555. The maximum absolute atomic E-state index is 12.5. The van der Waals surface area contributed by atoms with Crippen LogP contribution in [0.2, 0.25) is 0 Å². The van der Waals surface area contributed by atoms with Gasteiger partial charge in [-0.1, -0.05) is 25.9 Å². The van der Waals surface area contributed by atoms with E-state index in [4.69, 9.17) is 9.26 Å². The minimum absolute atomic E-state index is 0.125. The van der Waals surface area contributed by atoms with Crippen molar-refractivity contribution in [1.29, 1.82) is 0 Å². The fourth-order valence-electron chi connectivity index (χ4n) is 3.21. The predicted octanol–water partition coefficient (Wildman–Crippen LogP) is 2.79. The van der Waals surface area contributed by atoms with Crippen molar-refractivity contribution in [3.8, 4) is 0 Å². The van der Waals surface area contributed by atoms with Crippen molar-refractivity contribution in [3.05, 3.63) is 11.7 Å². The first-order valence-electron chi connectivity index (χ1n) is 9.75. The maximum atomic E-state index is 12.5. The molecule has 1 fully saturated rings. The van der Waals surface area contributed by atoms with Crippen LogP contribution in [-0.4, -0.2) is 47.7 Å². The van der Waals surface area contributed by atoms with E-state index in [0.29, 0.717) is 49.0 Å². The van der Waals surface area contributed by atoms with Crippen molar-refractivity contribution < 1.29 is 14.1 Å². The summed E-state index contributed by atoms with van der Waals surface area (Å²) in [5, 5.41) is 7.36. The molecule has 7 heteroatoms. The monoisotopic (exact) mass is 366 g/mol. The molecule has 2 heterocycles. The fraction of sp³-hybridized carbons (Fsp3) is 0.842. The highest BCUT2D eigenvalue weighted by Gasteiger charge is 2.24. The van der Waals surface area contributed by atoms with Crippen molar-refractivity contribution in [3.63, 3.8) is 0 Å². The van der Waals surface area contributed by atoms with Crippen molar-refractivity contribution in [2.24, 2.45) is 17.8 Å².